The SMILES string of the molecule is O=C(Cn1cnccc1=O)NCCn1nc(-n2cncn2)ccc1=O. The van der Waals surface area contributed by atoms with Crippen LogP contribution in [0.25, 0.3) is 5.82 Å². The van der Waals surface area contributed by atoms with Crippen LogP contribution in [0.3, 0.4) is 0 Å². The van der Waals surface area contributed by atoms with Gasteiger partial charge in [-0.2, -0.15) is 5.10 Å². The lowest BCUT2D eigenvalue weighted by Gasteiger charge is -2.09. The number of amides is 1. The first-order chi connectivity index (χ1) is 12.1. The molecule has 3 aromatic heterocycles. The molecule has 0 aliphatic rings. The van der Waals surface area contributed by atoms with Gasteiger partial charge in [-0.25, -0.2) is 19.3 Å². The lowest BCUT2D eigenvalue weighted by Crippen LogP contribution is -2.35. The zero-order valence-corrected chi connectivity index (χ0v) is 13.0. The molecule has 0 aromatic carbocycles. The molecule has 0 saturated carbocycles. The third-order valence-electron chi connectivity index (χ3n) is 3.26. The van der Waals surface area contributed by atoms with Crippen molar-refractivity contribution in [2.75, 3.05) is 6.54 Å². The van der Waals surface area contributed by atoms with Gasteiger partial charge < -0.3 is 5.32 Å². The fourth-order valence-electron chi connectivity index (χ4n) is 2.06. The van der Waals surface area contributed by atoms with Gasteiger partial charge in [-0.1, -0.05) is 0 Å². The van der Waals surface area contributed by atoms with Crippen molar-refractivity contribution in [1.82, 2.24) is 39.4 Å². The van der Waals surface area contributed by atoms with E-state index in [2.05, 4.69) is 25.5 Å². The molecule has 0 fully saturated rings. The molecule has 3 heterocycles. The summed E-state index contributed by atoms with van der Waals surface area (Å²) in [5.41, 5.74) is -0.620. The lowest BCUT2D eigenvalue weighted by molar-refractivity contribution is -0.121. The molecule has 0 aliphatic heterocycles. The summed E-state index contributed by atoms with van der Waals surface area (Å²) < 4.78 is 3.82. The molecule has 0 radical (unpaired) electrons. The molecule has 0 spiro atoms. The predicted octanol–water partition coefficient (Wildman–Crippen LogP) is -1.80. The van der Waals surface area contributed by atoms with Crippen LogP contribution in [0, 0.1) is 0 Å². The van der Waals surface area contributed by atoms with Crippen molar-refractivity contribution in [3.8, 4) is 5.82 Å². The van der Waals surface area contributed by atoms with Crippen LogP contribution in [0.1, 0.15) is 0 Å². The van der Waals surface area contributed by atoms with Crippen LogP contribution in [0.5, 0.6) is 0 Å². The topological polar surface area (TPSA) is 130 Å². The first-order valence-corrected chi connectivity index (χ1v) is 7.34. The minimum absolute atomic E-state index is 0.145. The molecule has 3 aromatic rings. The van der Waals surface area contributed by atoms with E-state index in [1.54, 1.807) is 0 Å². The Kier molecular flexibility index (Phi) is 4.74. The molecule has 25 heavy (non-hydrogen) atoms. The van der Waals surface area contributed by atoms with E-state index < -0.39 is 0 Å². The monoisotopic (exact) mass is 342 g/mol. The summed E-state index contributed by atoms with van der Waals surface area (Å²) in [6, 6.07) is 4.16. The smallest absolute Gasteiger partial charge is 0.266 e. The van der Waals surface area contributed by atoms with Crippen LogP contribution < -0.4 is 16.4 Å². The minimum Gasteiger partial charge on any atom is -0.353 e. The van der Waals surface area contributed by atoms with E-state index in [0.29, 0.717) is 5.82 Å². The van der Waals surface area contributed by atoms with E-state index in [-0.39, 0.29) is 36.7 Å². The van der Waals surface area contributed by atoms with E-state index in [9.17, 15) is 14.4 Å². The standard InChI is InChI=1S/C14H14N8O3/c23-12(7-20-9-15-4-3-13(20)24)17-5-6-21-14(25)2-1-11(19-21)22-10-16-8-18-22/h1-4,8-10H,5-7H2,(H,17,23). The second kappa shape index (κ2) is 7.29. The Morgan fingerprint density at radius 2 is 1.96 bits per heavy atom. The van der Waals surface area contributed by atoms with Gasteiger partial charge in [-0.3, -0.25) is 19.0 Å². The normalized spacial score (nSPS) is 10.6. The highest BCUT2D eigenvalue weighted by atomic mass is 16.2. The highest BCUT2D eigenvalue weighted by Crippen LogP contribution is 1.96. The summed E-state index contributed by atoms with van der Waals surface area (Å²) in [5.74, 6) is 0.0703. The van der Waals surface area contributed by atoms with Crippen LogP contribution >= 0.6 is 0 Å². The molecule has 0 unspecified atom stereocenters. The first-order valence-electron chi connectivity index (χ1n) is 7.34. The summed E-state index contributed by atoms with van der Waals surface area (Å²) in [6.45, 7) is 0.213. The van der Waals surface area contributed by atoms with Gasteiger partial charge in [0.1, 0.15) is 19.2 Å². The Morgan fingerprint density at radius 1 is 1.08 bits per heavy atom. The quantitative estimate of drug-likeness (QED) is 0.559. The molecule has 1 N–H and O–H groups in total. The maximum absolute atomic E-state index is 11.9. The summed E-state index contributed by atoms with van der Waals surface area (Å²) in [5, 5.41) is 10.7. The molecular weight excluding hydrogens is 328 g/mol. The summed E-state index contributed by atoms with van der Waals surface area (Å²) in [7, 11) is 0. The molecular formula is C14H14N8O3. The van der Waals surface area contributed by atoms with Crippen LogP contribution in [0.2, 0.25) is 0 Å². The van der Waals surface area contributed by atoms with E-state index >= 15 is 0 Å². The summed E-state index contributed by atoms with van der Waals surface area (Å²) in [4.78, 5) is 42.8. The van der Waals surface area contributed by atoms with Crippen molar-refractivity contribution in [2.45, 2.75) is 13.1 Å². The lowest BCUT2D eigenvalue weighted by atomic mass is 10.5. The number of carbonyl (C=O) groups is 1. The van der Waals surface area contributed by atoms with Gasteiger partial charge in [0.05, 0.1) is 12.9 Å². The first kappa shape index (κ1) is 16.2. The molecule has 11 nitrogen and oxygen atoms in total. The van der Waals surface area contributed by atoms with Gasteiger partial charge in [0.25, 0.3) is 11.1 Å². The number of nitrogens with zero attached hydrogens (tertiary/aromatic N) is 7. The largest absolute Gasteiger partial charge is 0.353 e. The molecule has 1 amide bonds. The zero-order chi connectivity index (χ0) is 17.6. The number of rotatable bonds is 6. The summed E-state index contributed by atoms with van der Waals surface area (Å²) >= 11 is 0. The van der Waals surface area contributed by atoms with E-state index in [4.69, 9.17) is 0 Å². The fraction of sp³-hybridized carbons (Fsp3) is 0.214. The van der Waals surface area contributed by atoms with Gasteiger partial charge in [-0.05, 0) is 6.07 Å². The van der Waals surface area contributed by atoms with Crippen molar-refractivity contribution in [2.24, 2.45) is 0 Å². The van der Waals surface area contributed by atoms with E-state index in [1.807, 2.05) is 0 Å². The Morgan fingerprint density at radius 3 is 2.72 bits per heavy atom. The predicted molar refractivity (Wildman–Crippen MR) is 84.9 cm³/mol. The third-order valence-corrected chi connectivity index (χ3v) is 3.26. The van der Waals surface area contributed by atoms with Crippen LogP contribution in [0.4, 0.5) is 0 Å². The van der Waals surface area contributed by atoms with E-state index in [0.717, 1.165) is 0 Å². The van der Waals surface area contributed by atoms with Gasteiger partial charge in [0.2, 0.25) is 5.91 Å². The van der Waals surface area contributed by atoms with Gasteiger partial charge >= 0.3 is 0 Å². The highest BCUT2D eigenvalue weighted by molar-refractivity contribution is 5.75. The second-order valence-electron chi connectivity index (χ2n) is 4.99. The maximum Gasteiger partial charge on any atom is 0.266 e. The average molecular weight is 342 g/mol. The molecule has 0 saturated heterocycles. The van der Waals surface area contributed by atoms with Gasteiger partial charge in [0, 0.05) is 24.9 Å². The average Bonchev–Trinajstić information content (AvgIpc) is 3.13. The van der Waals surface area contributed by atoms with Crippen molar-refractivity contribution in [1.29, 1.82) is 0 Å². The second-order valence-corrected chi connectivity index (χ2v) is 4.99. The highest BCUT2D eigenvalue weighted by Gasteiger charge is 2.06. The molecule has 0 bridgehead atoms. The number of hydrogen-bond acceptors (Lipinski definition) is 7. The maximum atomic E-state index is 11.9. The van der Waals surface area contributed by atoms with Crippen molar-refractivity contribution < 1.29 is 4.79 Å². The number of aromatic nitrogens is 7. The summed E-state index contributed by atoms with van der Waals surface area (Å²) in [6.07, 6.45) is 5.47. The van der Waals surface area contributed by atoms with Crippen molar-refractivity contribution in [3.63, 3.8) is 0 Å². The Bertz CT molecular complexity index is 976. The van der Waals surface area contributed by atoms with Crippen molar-refractivity contribution >= 4 is 5.91 Å². The van der Waals surface area contributed by atoms with Crippen LogP contribution in [0.15, 0.2) is 53.0 Å². The van der Waals surface area contributed by atoms with Crippen LogP contribution in [-0.2, 0) is 17.9 Å². The zero-order valence-electron chi connectivity index (χ0n) is 13.0. The fourth-order valence-corrected chi connectivity index (χ4v) is 2.06. The molecule has 3 rings (SSSR count). The number of carbonyl (C=O) groups excluding carboxylic acids is 1. The number of hydrogen-bond donors (Lipinski definition) is 1. The van der Waals surface area contributed by atoms with Crippen molar-refractivity contribution in [3.05, 3.63) is 64.1 Å². The Balaban J connectivity index is 1.59. The Labute approximate surface area is 140 Å². The minimum atomic E-state index is -0.365. The Hall–Kier alpha value is -3.63. The van der Waals surface area contributed by atoms with E-state index in [1.165, 1.54) is 57.3 Å². The molecule has 0 aliphatic carbocycles. The third kappa shape index (κ3) is 4.02. The molecule has 11 heteroatoms. The number of nitrogens with one attached hydrogen (secondary N) is 1. The van der Waals surface area contributed by atoms with Gasteiger partial charge in [0.15, 0.2) is 5.82 Å². The molecule has 128 valence electrons. The van der Waals surface area contributed by atoms with Gasteiger partial charge in [-0.15, -0.1) is 5.10 Å². The molecule has 0 atom stereocenters. The van der Waals surface area contributed by atoms with Crippen LogP contribution in [-0.4, -0.2) is 46.5 Å².